The Morgan fingerprint density at radius 3 is 2.53 bits per heavy atom. The third-order valence-corrected chi connectivity index (χ3v) is 6.89. The zero-order valence-electron chi connectivity index (χ0n) is 18.6. The summed E-state index contributed by atoms with van der Waals surface area (Å²) in [5.41, 5.74) is 3.98. The second kappa shape index (κ2) is 10.4. The first-order chi connectivity index (χ1) is 15.2. The van der Waals surface area contributed by atoms with E-state index in [0.717, 1.165) is 16.8 Å². The van der Waals surface area contributed by atoms with Gasteiger partial charge in [0.15, 0.2) is 16.7 Å². The molecule has 10 heteroatoms. The maximum atomic E-state index is 11.5. The summed E-state index contributed by atoms with van der Waals surface area (Å²) in [5.74, 6) is 1.80. The molecule has 3 rings (SSSR count). The molecule has 1 atom stereocenters. The van der Waals surface area contributed by atoms with Crippen molar-refractivity contribution in [3.63, 3.8) is 0 Å². The highest BCUT2D eigenvalue weighted by atomic mass is 79.9. The maximum absolute atomic E-state index is 11.5. The summed E-state index contributed by atoms with van der Waals surface area (Å²) in [4.78, 5) is 11.2. The quantitative estimate of drug-likeness (QED) is 0.209. The van der Waals surface area contributed by atoms with Crippen LogP contribution in [0.4, 0.5) is 0 Å². The summed E-state index contributed by atoms with van der Waals surface area (Å²) >= 11 is 4.85. The lowest BCUT2D eigenvalue weighted by Crippen LogP contribution is -2.12. The molecule has 3 aromatic rings. The minimum Gasteiger partial charge on any atom is -0.493 e. The van der Waals surface area contributed by atoms with E-state index in [1.165, 1.54) is 17.3 Å². The molecule has 0 saturated heterocycles. The van der Waals surface area contributed by atoms with E-state index in [1.807, 2.05) is 37.5 Å². The van der Waals surface area contributed by atoms with Crippen molar-refractivity contribution < 1.29 is 14.4 Å². The number of methoxy groups -OCH3 is 1. The average molecular weight is 521 g/mol. The zero-order chi connectivity index (χ0) is 23.4. The van der Waals surface area contributed by atoms with Gasteiger partial charge in [0.1, 0.15) is 11.1 Å². The van der Waals surface area contributed by atoms with Crippen LogP contribution < -0.4 is 9.47 Å². The minimum absolute atomic E-state index is 0.292. The third kappa shape index (κ3) is 5.24. The average Bonchev–Trinajstić information content (AvgIpc) is 3.10. The van der Waals surface area contributed by atoms with Gasteiger partial charge in [-0.05, 0) is 68.7 Å². The molecule has 0 spiro atoms. The molecule has 0 aliphatic carbocycles. The number of hydrogen-bond acceptors (Lipinski definition) is 7. The molecule has 170 valence electrons. The fraction of sp³-hybridized carbons (Fsp3) is 0.364. The van der Waals surface area contributed by atoms with Gasteiger partial charge in [0, 0.05) is 15.1 Å². The number of ether oxygens (including phenoxy) is 2. The van der Waals surface area contributed by atoms with E-state index in [2.05, 4.69) is 39.1 Å². The molecule has 32 heavy (non-hydrogen) atoms. The van der Waals surface area contributed by atoms with Crippen molar-refractivity contribution in [2.24, 2.45) is 0 Å². The highest BCUT2D eigenvalue weighted by Gasteiger charge is 2.27. The Morgan fingerprint density at radius 1 is 1.16 bits per heavy atom. The number of aryl methyl sites for hydroxylation is 3. The topological polar surface area (TPSA) is 92.3 Å². The van der Waals surface area contributed by atoms with Crippen LogP contribution >= 0.6 is 27.7 Å². The van der Waals surface area contributed by atoms with Gasteiger partial charge in [-0.2, -0.15) is 0 Å². The monoisotopic (exact) mass is 520 g/mol. The van der Waals surface area contributed by atoms with Gasteiger partial charge in [0.05, 0.1) is 13.7 Å². The van der Waals surface area contributed by atoms with Crippen molar-refractivity contribution >= 4 is 27.7 Å². The molecule has 0 aliphatic rings. The van der Waals surface area contributed by atoms with Crippen LogP contribution in [0.5, 0.6) is 11.5 Å². The first-order valence-electron chi connectivity index (χ1n) is 10.0. The van der Waals surface area contributed by atoms with Gasteiger partial charge in [-0.15, -0.1) is 10.2 Å². The van der Waals surface area contributed by atoms with Crippen molar-refractivity contribution in [2.45, 2.75) is 38.1 Å². The lowest BCUT2D eigenvalue weighted by Gasteiger charge is -2.18. The van der Waals surface area contributed by atoms with Crippen LogP contribution in [0.25, 0.3) is 5.69 Å². The molecule has 8 nitrogen and oxygen atoms in total. The van der Waals surface area contributed by atoms with Gasteiger partial charge >= 0.3 is 0 Å². The number of benzene rings is 2. The first-order valence-corrected chi connectivity index (χ1v) is 11.7. The Labute approximate surface area is 199 Å². The lowest BCUT2D eigenvalue weighted by molar-refractivity contribution is -0.479. The van der Waals surface area contributed by atoms with Crippen LogP contribution in [-0.2, 0) is 0 Å². The number of aromatic nitrogens is 3. The minimum atomic E-state index is -0.529. The second-order valence-corrected chi connectivity index (χ2v) is 9.24. The van der Waals surface area contributed by atoms with Crippen LogP contribution in [0.1, 0.15) is 34.7 Å². The Balaban J connectivity index is 2.06. The summed E-state index contributed by atoms with van der Waals surface area (Å²) in [7, 11) is 1.56. The highest BCUT2D eigenvalue weighted by Crippen LogP contribution is 2.43. The summed E-state index contributed by atoms with van der Waals surface area (Å²) in [6.45, 7) is 8.00. The Kier molecular flexibility index (Phi) is 7.78. The molecular formula is C22H25BrN4O4S. The Morgan fingerprint density at radius 2 is 1.91 bits per heavy atom. The Hall–Kier alpha value is -2.59. The predicted molar refractivity (Wildman–Crippen MR) is 128 cm³/mol. The van der Waals surface area contributed by atoms with Gasteiger partial charge in [0.25, 0.3) is 0 Å². The molecule has 0 unspecified atom stereocenters. The van der Waals surface area contributed by atoms with Crippen LogP contribution in [0.3, 0.4) is 0 Å². The van der Waals surface area contributed by atoms with Crippen molar-refractivity contribution in [1.29, 1.82) is 0 Å². The molecule has 0 amide bonds. The number of thioether (sulfide) groups is 1. The van der Waals surface area contributed by atoms with Gasteiger partial charge in [-0.25, -0.2) is 0 Å². The van der Waals surface area contributed by atoms with Gasteiger partial charge in [-0.3, -0.25) is 14.7 Å². The number of nitrogens with zero attached hydrogens (tertiary/aromatic N) is 4. The molecule has 2 aromatic carbocycles. The standard InChI is InChI=1S/C22H25BrN4O4S/c1-6-31-20-10-17(18(23)11-19(20)30-5)21(12-26(28)29)32-22-25-24-15(4)27(22)16-8-7-13(2)14(3)9-16/h7-11,21H,6,12H2,1-5H3/t21-/m1/s1. The molecule has 0 N–H and O–H groups in total. The zero-order valence-corrected chi connectivity index (χ0v) is 21.0. The first kappa shape index (κ1) is 24.1. The maximum Gasteiger partial charge on any atom is 0.220 e. The summed E-state index contributed by atoms with van der Waals surface area (Å²) in [6, 6.07) is 9.67. The van der Waals surface area contributed by atoms with E-state index < -0.39 is 5.25 Å². The SMILES string of the molecule is CCOc1cc([C@@H](C[N+](=O)[O-])Sc2nnc(C)n2-c2ccc(C)c(C)c2)c(Br)cc1OC. The van der Waals surface area contributed by atoms with Gasteiger partial charge in [0.2, 0.25) is 6.54 Å². The fourth-order valence-corrected chi connectivity index (χ4v) is 5.22. The van der Waals surface area contributed by atoms with E-state index in [4.69, 9.17) is 9.47 Å². The highest BCUT2D eigenvalue weighted by molar-refractivity contribution is 9.10. The fourth-order valence-electron chi connectivity index (χ4n) is 3.27. The molecule has 0 bridgehead atoms. The van der Waals surface area contributed by atoms with Gasteiger partial charge in [-0.1, -0.05) is 33.8 Å². The number of rotatable bonds is 9. The van der Waals surface area contributed by atoms with Crippen LogP contribution in [-0.4, -0.2) is 39.9 Å². The lowest BCUT2D eigenvalue weighted by atomic mass is 10.1. The molecular weight excluding hydrogens is 496 g/mol. The van der Waals surface area contributed by atoms with E-state index >= 15 is 0 Å². The van der Waals surface area contributed by atoms with Crippen molar-refractivity contribution in [2.75, 3.05) is 20.3 Å². The third-order valence-electron chi connectivity index (χ3n) is 5.04. The molecule has 0 fully saturated rings. The van der Waals surface area contributed by atoms with E-state index in [9.17, 15) is 10.1 Å². The number of hydrogen-bond donors (Lipinski definition) is 0. The molecule has 0 aliphatic heterocycles. The van der Waals surface area contributed by atoms with E-state index in [0.29, 0.717) is 33.6 Å². The van der Waals surface area contributed by atoms with Crippen LogP contribution in [0, 0.1) is 30.9 Å². The Bertz CT molecular complexity index is 1140. The van der Waals surface area contributed by atoms with Crippen molar-refractivity contribution in [3.8, 4) is 17.2 Å². The molecule has 0 radical (unpaired) electrons. The summed E-state index contributed by atoms with van der Waals surface area (Å²) < 4.78 is 13.7. The number of nitro groups is 1. The predicted octanol–water partition coefficient (Wildman–Crippen LogP) is 5.47. The van der Waals surface area contributed by atoms with E-state index in [1.54, 1.807) is 19.2 Å². The van der Waals surface area contributed by atoms with Crippen LogP contribution in [0.2, 0.25) is 0 Å². The normalized spacial score (nSPS) is 11.9. The molecule has 1 aromatic heterocycles. The van der Waals surface area contributed by atoms with E-state index in [-0.39, 0.29) is 11.5 Å². The number of halogens is 1. The van der Waals surface area contributed by atoms with Crippen molar-refractivity contribution in [3.05, 3.63) is 67.4 Å². The molecule has 0 saturated carbocycles. The van der Waals surface area contributed by atoms with Crippen LogP contribution in [0.15, 0.2) is 40.0 Å². The van der Waals surface area contributed by atoms with Gasteiger partial charge < -0.3 is 9.47 Å². The second-order valence-electron chi connectivity index (χ2n) is 7.21. The largest absolute Gasteiger partial charge is 0.493 e. The van der Waals surface area contributed by atoms with Crippen molar-refractivity contribution in [1.82, 2.24) is 14.8 Å². The summed E-state index contributed by atoms with van der Waals surface area (Å²) in [5, 5.41) is 20.1. The smallest absolute Gasteiger partial charge is 0.220 e. The summed E-state index contributed by atoms with van der Waals surface area (Å²) in [6.07, 6.45) is 0. The molecule has 1 heterocycles.